The number of methoxy groups -OCH3 is 2. The molecule has 0 aromatic heterocycles. The third-order valence-corrected chi connectivity index (χ3v) is 4.22. The number of rotatable bonds is 6. The summed E-state index contributed by atoms with van der Waals surface area (Å²) in [6.07, 6.45) is -0.278. The maximum Gasteiger partial charge on any atom is 0.336 e. The summed E-state index contributed by atoms with van der Waals surface area (Å²) >= 11 is 6.29. The Morgan fingerprint density at radius 1 is 1.31 bits per heavy atom. The Morgan fingerprint density at radius 3 is 2.65 bits per heavy atom. The van der Waals surface area contributed by atoms with Crippen molar-refractivity contribution in [2.75, 3.05) is 33.9 Å². The van der Waals surface area contributed by atoms with Crippen molar-refractivity contribution in [3.63, 3.8) is 0 Å². The molecule has 0 radical (unpaired) electrons. The first-order chi connectivity index (χ1) is 12.4. The summed E-state index contributed by atoms with van der Waals surface area (Å²) in [7, 11) is 2.78. The fourth-order valence-corrected chi connectivity index (χ4v) is 3.01. The minimum Gasteiger partial charge on any atom is -0.493 e. The SMILES string of the molecule is CCCOc1c(Cl)cc(C(=O)N2C[C@@H](C)O[C@@H](C(=O)OC)C2)cc1OC. The molecule has 0 bridgehead atoms. The molecular weight excluding hydrogens is 362 g/mol. The Labute approximate surface area is 158 Å². The van der Waals surface area contributed by atoms with Crippen LogP contribution in [0.15, 0.2) is 12.1 Å². The van der Waals surface area contributed by atoms with Gasteiger partial charge in [-0.05, 0) is 25.5 Å². The standard InChI is InChI=1S/C18H24ClNO6/c1-5-6-25-16-13(19)7-12(8-14(16)23-3)17(21)20-9-11(2)26-15(10-20)18(22)24-4/h7-8,11,15H,5-6,9-10H2,1-4H3/t11-,15-/m1/s1. The molecule has 26 heavy (non-hydrogen) atoms. The van der Waals surface area contributed by atoms with E-state index < -0.39 is 12.1 Å². The van der Waals surface area contributed by atoms with Crippen LogP contribution in [0.2, 0.25) is 5.02 Å². The lowest BCUT2D eigenvalue weighted by atomic mass is 10.1. The van der Waals surface area contributed by atoms with Crippen LogP contribution in [0.4, 0.5) is 0 Å². The molecule has 1 fully saturated rings. The molecule has 7 nitrogen and oxygen atoms in total. The van der Waals surface area contributed by atoms with Gasteiger partial charge in [0.1, 0.15) is 0 Å². The largest absolute Gasteiger partial charge is 0.493 e. The fourth-order valence-electron chi connectivity index (χ4n) is 2.75. The predicted molar refractivity (Wildman–Crippen MR) is 96.0 cm³/mol. The number of benzene rings is 1. The highest BCUT2D eigenvalue weighted by atomic mass is 35.5. The van der Waals surface area contributed by atoms with Gasteiger partial charge in [-0.15, -0.1) is 0 Å². The van der Waals surface area contributed by atoms with Crippen LogP contribution in [0.5, 0.6) is 11.5 Å². The lowest BCUT2D eigenvalue weighted by Crippen LogP contribution is -2.52. The highest BCUT2D eigenvalue weighted by molar-refractivity contribution is 6.32. The quantitative estimate of drug-likeness (QED) is 0.700. The van der Waals surface area contributed by atoms with Crippen molar-refractivity contribution in [1.82, 2.24) is 4.90 Å². The highest BCUT2D eigenvalue weighted by Gasteiger charge is 2.34. The molecule has 1 aromatic carbocycles. The number of carbonyl (C=O) groups is 2. The molecule has 144 valence electrons. The first-order valence-corrected chi connectivity index (χ1v) is 8.81. The molecule has 0 unspecified atom stereocenters. The van der Waals surface area contributed by atoms with Crippen molar-refractivity contribution in [3.8, 4) is 11.5 Å². The van der Waals surface area contributed by atoms with Gasteiger partial charge < -0.3 is 23.8 Å². The lowest BCUT2D eigenvalue weighted by Gasteiger charge is -2.35. The van der Waals surface area contributed by atoms with Gasteiger partial charge in [-0.3, -0.25) is 4.79 Å². The summed E-state index contributed by atoms with van der Waals surface area (Å²) in [6.45, 7) is 4.75. The van der Waals surface area contributed by atoms with Crippen LogP contribution in [0, 0.1) is 0 Å². The van der Waals surface area contributed by atoms with Crippen LogP contribution in [0.25, 0.3) is 0 Å². The molecule has 1 aliphatic heterocycles. The zero-order chi connectivity index (χ0) is 19.3. The van der Waals surface area contributed by atoms with Gasteiger partial charge in [0.05, 0.1) is 38.5 Å². The molecule has 1 amide bonds. The Kier molecular flexibility index (Phi) is 7.11. The Balaban J connectivity index is 2.25. The van der Waals surface area contributed by atoms with Crippen LogP contribution in [-0.2, 0) is 14.3 Å². The Morgan fingerprint density at radius 2 is 2.04 bits per heavy atom. The summed E-state index contributed by atoms with van der Waals surface area (Å²) in [5.41, 5.74) is 0.355. The van der Waals surface area contributed by atoms with Crippen LogP contribution >= 0.6 is 11.6 Å². The molecule has 0 aliphatic carbocycles. The number of ether oxygens (including phenoxy) is 4. The molecule has 1 heterocycles. The monoisotopic (exact) mass is 385 g/mol. The molecule has 1 saturated heterocycles. The molecule has 8 heteroatoms. The van der Waals surface area contributed by atoms with Gasteiger partial charge in [-0.2, -0.15) is 0 Å². The van der Waals surface area contributed by atoms with Gasteiger partial charge in [-0.25, -0.2) is 4.79 Å². The van der Waals surface area contributed by atoms with E-state index in [1.165, 1.54) is 14.2 Å². The third kappa shape index (κ3) is 4.59. The van der Waals surface area contributed by atoms with E-state index in [0.29, 0.717) is 35.2 Å². The molecular formula is C18H24ClNO6. The first-order valence-electron chi connectivity index (χ1n) is 8.44. The lowest BCUT2D eigenvalue weighted by molar-refractivity contribution is -0.164. The molecule has 2 rings (SSSR count). The number of carbonyl (C=O) groups excluding carboxylic acids is 2. The van der Waals surface area contributed by atoms with Crippen LogP contribution in [0.3, 0.4) is 0 Å². The average molecular weight is 386 g/mol. The van der Waals surface area contributed by atoms with Crippen LogP contribution < -0.4 is 9.47 Å². The van der Waals surface area contributed by atoms with E-state index in [-0.39, 0.29) is 18.6 Å². The average Bonchev–Trinajstić information content (AvgIpc) is 2.64. The maximum atomic E-state index is 12.9. The number of nitrogens with zero attached hydrogens (tertiary/aromatic N) is 1. The summed E-state index contributed by atoms with van der Waals surface area (Å²) < 4.78 is 21.2. The van der Waals surface area contributed by atoms with Crippen molar-refractivity contribution in [2.45, 2.75) is 32.5 Å². The first kappa shape index (κ1) is 20.3. The molecule has 0 N–H and O–H groups in total. The smallest absolute Gasteiger partial charge is 0.336 e. The minimum atomic E-state index is -0.808. The van der Waals surface area contributed by atoms with Gasteiger partial charge in [0.2, 0.25) is 0 Å². The fraction of sp³-hybridized carbons (Fsp3) is 0.556. The molecule has 0 saturated carbocycles. The molecule has 0 spiro atoms. The van der Waals surface area contributed by atoms with Crippen LogP contribution in [0.1, 0.15) is 30.6 Å². The van der Waals surface area contributed by atoms with Gasteiger partial charge >= 0.3 is 5.97 Å². The van der Waals surface area contributed by atoms with E-state index in [0.717, 1.165) is 6.42 Å². The number of hydrogen-bond donors (Lipinski definition) is 0. The Hall–Kier alpha value is -1.99. The molecule has 1 aromatic rings. The summed E-state index contributed by atoms with van der Waals surface area (Å²) in [5.74, 6) is 0.0278. The van der Waals surface area contributed by atoms with Crippen molar-refractivity contribution in [2.24, 2.45) is 0 Å². The number of amides is 1. The second kappa shape index (κ2) is 9.09. The molecule has 1 aliphatic rings. The van der Waals surface area contributed by atoms with Crippen molar-refractivity contribution in [1.29, 1.82) is 0 Å². The second-order valence-electron chi connectivity index (χ2n) is 6.01. The van der Waals surface area contributed by atoms with Gasteiger partial charge in [0, 0.05) is 12.1 Å². The second-order valence-corrected chi connectivity index (χ2v) is 6.41. The molecule has 2 atom stereocenters. The highest BCUT2D eigenvalue weighted by Crippen LogP contribution is 2.37. The van der Waals surface area contributed by atoms with E-state index >= 15 is 0 Å². The van der Waals surface area contributed by atoms with Crippen LogP contribution in [-0.4, -0.2) is 62.9 Å². The van der Waals surface area contributed by atoms with E-state index in [1.807, 2.05) is 6.92 Å². The Bertz CT molecular complexity index is 665. The number of halogens is 1. The van der Waals surface area contributed by atoms with E-state index in [4.69, 9.17) is 30.5 Å². The minimum absolute atomic E-state index is 0.115. The van der Waals surface area contributed by atoms with E-state index in [1.54, 1.807) is 24.0 Å². The summed E-state index contributed by atoms with van der Waals surface area (Å²) in [4.78, 5) is 26.2. The zero-order valence-electron chi connectivity index (χ0n) is 15.4. The number of hydrogen-bond acceptors (Lipinski definition) is 6. The van der Waals surface area contributed by atoms with Gasteiger partial charge in [0.15, 0.2) is 17.6 Å². The van der Waals surface area contributed by atoms with E-state index in [9.17, 15) is 9.59 Å². The van der Waals surface area contributed by atoms with Crippen molar-refractivity contribution >= 4 is 23.5 Å². The summed E-state index contributed by atoms with van der Waals surface area (Å²) in [6, 6.07) is 3.14. The normalized spacial score (nSPS) is 19.8. The topological polar surface area (TPSA) is 74.3 Å². The van der Waals surface area contributed by atoms with E-state index in [2.05, 4.69) is 0 Å². The van der Waals surface area contributed by atoms with Gasteiger partial charge in [0.25, 0.3) is 5.91 Å². The van der Waals surface area contributed by atoms with Crippen molar-refractivity contribution < 1.29 is 28.5 Å². The maximum absolute atomic E-state index is 12.9. The number of esters is 1. The van der Waals surface area contributed by atoms with Gasteiger partial charge in [-0.1, -0.05) is 18.5 Å². The number of morpholine rings is 1. The summed E-state index contributed by atoms with van der Waals surface area (Å²) in [5, 5.41) is 0.298. The predicted octanol–water partition coefficient (Wildman–Crippen LogP) is 2.54. The third-order valence-electron chi connectivity index (χ3n) is 3.94. The zero-order valence-corrected chi connectivity index (χ0v) is 16.2. The van der Waals surface area contributed by atoms with Crippen molar-refractivity contribution in [3.05, 3.63) is 22.7 Å².